The van der Waals surface area contributed by atoms with Gasteiger partial charge < -0.3 is 10.1 Å². The SMILES string of the molecule is COC(=O)/C(C)=C/CNCc1cccc([N+](=O)[O-])c1C. The summed E-state index contributed by atoms with van der Waals surface area (Å²) in [4.78, 5) is 21.6. The molecule has 1 aromatic carbocycles. The summed E-state index contributed by atoms with van der Waals surface area (Å²) in [6.45, 7) is 4.39. The number of hydrogen-bond acceptors (Lipinski definition) is 5. The highest BCUT2D eigenvalue weighted by molar-refractivity contribution is 5.87. The Morgan fingerprint density at radius 1 is 1.50 bits per heavy atom. The number of carbonyl (C=O) groups excluding carboxylic acids is 1. The molecule has 0 aliphatic heterocycles. The van der Waals surface area contributed by atoms with Crippen molar-refractivity contribution in [2.45, 2.75) is 20.4 Å². The van der Waals surface area contributed by atoms with Crippen LogP contribution in [-0.2, 0) is 16.1 Å². The van der Waals surface area contributed by atoms with E-state index in [1.54, 1.807) is 26.0 Å². The summed E-state index contributed by atoms with van der Waals surface area (Å²) in [5.41, 5.74) is 2.16. The van der Waals surface area contributed by atoms with E-state index in [4.69, 9.17) is 0 Å². The fourth-order valence-corrected chi connectivity index (χ4v) is 1.74. The molecule has 6 heteroatoms. The molecule has 1 aromatic rings. The maximum Gasteiger partial charge on any atom is 0.333 e. The molecule has 0 unspecified atom stereocenters. The molecule has 0 atom stereocenters. The van der Waals surface area contributed by atoms with E-state index in [-0.39, 0.29) is 16.6 Å². The molecule has 20 heavy (non-hydrogen) atoms. The zero-order valence-electron chi connectivity index (χ0n) is 11.8. The Hall–Kier alpha value is -2.21. The summed E-state index contributed by atoms with van der Waals surface area (Å²) >= 11 is 0. The zero-order valence-corrected chi connectivity index (χ0v) is 11.8. The minimum atomic E-state index is -0.389. The summed E-state index contributed by atoms with van der Waals surface area (Å²) in [6.07, 6.45) is 1.72. The van der Waals surface area contributed by atoms with Crippen molar-refractivity contribution in [3.8, 4) is 0 Å². The Morgan fingerprint density at radius 3 is 2.80 bits per heavy atom. The van der Waals surface area contributed by atoms with E-state index in [0.29, 0.717) is 24.2 Å². The van der Waals surface area contributed by atoms with E-state index in [0.717, 1.165) is 5.56 Å². The average Bonchev–Trinajstić information content (AvgIpc) is 2.43. The molecule has 0 radical (unpaired) electrons. The van der Waals surface area contributed by atoms with E-state index in [2.05, 4.69) is 10.1 Å². The second kappa shape index (κ2) is 7.40. The number of rotatable bonds is 6. The van der Waals surface area contributed by atoms with Gasteiger partial charge in [0.05, 0.1) is 12.0 Å². The first-order valence-corrected chi connectivity index (χ1v) is 6.16. The van der Waals surface area contributed by atoms with Crippen LogP contribution < -0.4 is 5.32 Å². The largest absolute Gasteiger partial charge is 0.466 e. The Labute approximate surface area is 117 Å². The number of esters is 1. The van der Waals surface area contributed by atoms with Crippen LogP contribution in [0, 0.1) is 17.0 Å². The van der Waals surface area contributed by atoms with Crippen molar-refractivity contribution in [3.05, 3.63) is 51.1 Å². The lowest BCUT2D eigenvalue weighted by Crippen LogP contribution is -2.15. The first-order valence-electron chi connectivity index (χ1n) is 6.16. The Balaban J connectivity index is 2.61. The number of nitrogens with one attached hydrogen (secondary N) is 1. The number of methoxy groups -OCH3 is 1. The molecule has 0 fully saturated rings. The van der Waals surface area contributed by atoms with Gasteiger partial charge in [0.25, 0.3) is 5.69 Å². The molecule has 0 aliphatic rings. The van der Waals surface area contributed by atoms with E-state index >= 15 is 0 Å². The second-order valence-electron chi connectivity index (χ2n) is 4.33. The molecule has 6 nitrogen and oxygen atoms in total. The molecule has 0 saturated carbocycles. The second-order valence-corrected chi connectivity index (χ2v) is 4.33. The Morgan fingerprint density at radius 2 is 2.20 bits per heavy atom. The number of carbonyl (C=O) groups is 1. The highest BCUT2D eigenvalue weighted by atomic mass is 16.6. The molecule has 0 heterocycles. The van der Waals surface area contributed by atoms with Gasteiger partial charge in [-0.1, -0.05) is 18.2 Å². The molecule has 0 spiro atoms. The molecular formula is C14H18N2O4. The predicted molar refractivity (Wildman–Crippen MR) is 75.3 cm³/mol. The lowest BCUT2D eigenvalue weighted by molar-refractivity contribution is -0.385. The van der Waals surface area contributed by atoms with Crippen molar-refractivity contribution < 1.29 is 14.5 Å². The van der Waals surface area contributed by atoms with Gasteiger partial charge in [0.1, 0.15) is 0 Å². The fourth-order valence-electron chi connectivity index (χ4n) is 1.74. The van der Waals surface area contributed by atoms with Gasteiger partial charge in [0.15, 0.2) is 0 Å². The van der Waals surface area contributed by atoms with Crippen LogP contribution in [0.15, 0.2) is 29.8 Å². The minimum Gasteiger partial charge on any atom is -0.466 e. The summed E-state index contributed by atoms with van der Waals surface area (Å²) < 4.78 is 4.58. The van der Waals surface area contributed by atoms with Crippen LogP contribution in [0.25, 0.3) is 0 Å². The molecule has 0 amide bonds. The van der Waals surface area contributed by atoms with Crippen molar-refractivity contribution in [1.29, 1.82) is 0 Å². The summed E-state index contributed by atoms with van der Waals surface area (Å²) in [7, 11) is 1.33. The lowest BCUT2D eigenvalue weighted by Gasteiger charge is -2.07. The van der Waals surface area contributed by atoms with Crippen molar-refractivity contribution in [3.63, 3.8) is 0 Å². The van der Waals surface area contributed by atoms with Crippen molar-refractivity contribution >= 4 is 11.7 Å². The first kappa shape index (κ1) is 15.8. The minimum absolute atomic E-state index is 0.116. The number of ether oxygens (including phenoxy) is 1. The van der Waals surface area contributed by atoms with Crippen LogP contribution in [-0.4, -0.2) is 24.5 Å². The van der Waals surface area contributed by atoms with Gasteiger partial charge in [-0.15, -0.1) is 0 Å². The van der Waals surface area contributed by atoms with Crippen LogP contribution in [0.2, 0.25) is 0 Å². The van der Waals surface area contributed by atoms with Crippen LogP contribution in [0.1, 0.15) is 18.1 Å². The predicted octanol–water partition coefficient (Wildman–Crippen LogP) is 2.11. The Kier molecular flexibility index (Phi) is 5.86. The van der Waals surface area contributed by atoms with Gasteiger partial charge in [-0.25, -0.2) is 4.79 Å². The highest BCUT2D eigenvalue weighted by Gasteiger charge is 2.12. The fraction of sp³-hybridized carbons (Fsp3) is 0.357. The number of nitro benzene ring substituents is 1. The molecule has 0 bridgehead atoms. The van der Waals surface area contributed by atoms with Crippen LogP contribution in [0.3, 0.4) is 0 Å². The van der Waals surface area contributed by atoms with Gasteiger partial charge in [0, 0.05) is 30.3 Å². The van der Waals surface area contributed by atoms with E-state index in [1.165, 1.54) is 13.2 Å². The average molecular weight is 278 g/mol. The van der Waals surface area contributed by atoms with Crippen LogP contribution >= 0.6 is 0 Å². The third kappa shape index (κ3) is 4.17. The van der Waals surface area contributed by atoms with Crippen LogP contribution in [0.4, 0.5) is 5.69 Å². The highest BCUT2D eigenvalue weighted by Crippen LogP contribution is 2.20. The summed E-state index contributed by atoms with van der Waals surface area (Å²) in [5, 5.41) is 13.9. The van der Waals surface area contributed by atoms with E-state index < -0.39 is 0 Å². The number of nitro groups is 1. The van der Waals surface area contributed by atoms with Gasteiger partial charge in [-0.3, -0.25) is 10.1 Å². The molecular weight excluding hydrogens is 260 g/mol. The van der Waals surface area contributed by atoms with E-state index in [1.807, 2.05) is 6.07 Å². The maximum atomic E-state index is 11.2. The van der Waals surface area contributed by atoms with Crippen molar-refractivity contribution in [1.82, 2.24) is 5.32 Å². The quantitative estimate of drug-likeness (QED) is 0.283. The molecule has 0 aliphatic carbocycles. The first-order chi connectivity index (χ1) is 9.47. The molecule has 108 valence electrons. The van der Waals surface area contributed by atoms with Gasteiger partial charge in [-0.2, -0.15) is 0 Å². The molecule has 0 saturated heterocycles. The number of nitrogens with zero attached hydrogens (tertiary/aromatic N) is 1. The number of benzene rings is 1. The van der Waals surface area contributed by atoms with E-state index in [9.17, 15) is 14.9 Å². The standard InChI is InChI=1S/C14H18N2O4/c1-10(14(17)20-3)7-8-15-9-12-5-4-6-13(11(12)2)16(18)19/h4-7,15H,8-9H2,1-3H3/b10-7+. The summed E-state index contributed by atoms with van der Waals surface area (Å²) in [5.74, 6) is -0.363. The molecule has 0 aromatic heterocycles. The zero-order chi connectivity index (χ0) is 15.1. The van der Waals surface area contributed by atoms with Crippen molar-refractivity contribution in [2.24, 2.45) is 0 Å². The molecule has 1 rings (SSSR count). The Bertz CT molecular complexity index is 538. The van der Waals surface area contributed by atoms with Gasteiger partial charge in [-0.05, 0) is 19.4 Å². The monoisotopic (exact) mass is 278 g/mol. The maximum absolute atomic E-state index is 11.2. The normalized spacial score (nSPS) is 11.2. The third-order valence-corrected chi connectivity index (χ3v) is 2.99. The van der Waals surface area contributed by atoms with Crippen molar-refractivity contribution in [2.75, 3.05) is 13.7 Å². The van der Waals surface area contributed by atoms with Gasteiger partial charge >= 0.3 is 5.97 Å². The number of hydrogen-bond donors (Lipinski definition) is 1. The van der Waals surface area contributed by atoms with Gasteiger partial charge in [0.2, 0.25) is 0 Å². The molecule has 1 N–H and O–H groups in total. The topological polar surface area (TPSA) is 81.5 Å². The smallest absolute Gasteiger partial charge is 0.333 e. The van der Waals surface area contributed by atoms with Crippen LogP contribution in [0.5, 0.6) is 0 Å². The lowest BCUT2D eigenvalue weighted by atomic mass is 10.1. The summed E-state index contributed by atoms with van der Waals surface area (Å²) in [6, 6.07) is 4.99. The third-order valence-electron chi connectivity index (χ3n) is 2.99.